The minimum absolute atomic E-state index is 0.132. The molecule has 1 nitrogen and oxygen atoms in total. The van der Waals surface area contributed by atoms with Crippen LogP contribution in [0.1, 0.15) is 13.4 Å². The van der Waals surface area contributed by atoms with Crippen molar-refractivity contribution in [2.75, 3.05) is 6.67 Å². The number of alkyl halides is 1. The van der Waals surface area contributed by atoms with E-state index in [0.29, 0.717) is 6.42 Å². The summed E-state index contributed by atoms with van der Waals surface area (Å²) in [5.74, 6) is 0. The topological polar surface area (TPSA) is 20.2 Å². The summed E-state index contributed by atoms with van der Waals surface area (Å²) in [5.41, 5.74) is 1.02. The van der Waals surface area contributed by atoms with Gasteiger partial charge in [-0.15, -0.1) is 0 Å². The third kappa shape index (κ3) is 3.01. The second kappa shape index (κ2) is 4.88. The third-order valence-electron chi connectivity index (χ3n) is 1.70. The molecule has 12 heavy (non-hydrogen) atoms. The van der Waals surface area contributed by atoms with Gasteiger partial charge in [-0.3, -0.25) is 0 Å². The van der Waals surface area contributed by atoms with Gasteiger partial charge in [-0.2, -0.15) is 0 Å². The van der Waals surface area contributed by atoms with Gasteiger partial charge in [-0.25, -0.2) is 4.39 Å². The summed E-state index contributed by atoms with van der Waals surface area (Å²) in [4.78, 5) is 0. The van der Waals surface area contributed by atoms with Gasteiger partial charge in [0.1, 0.15) is 6.67 Å². The van der Waals surface area contributed by atoms with Crippen molar-refractivity contribution in [1.29, 1.82) is 0 Å². The number of halogens is 1. The van der Waals surface area contributed by atoms with Gasteiger partial charge < -0.3 is 5.11 Å². The van der Waals surface area contributed by atoms with Crippen LogP contribution in [-0.2, 0) is 6.42 Å². The van der Waals surface area contributed by atoms with Gasteiger partial charge in [0.2, 0.25) is 0 Å². The Morgan fingerprint density at radius 3 is 2.67 bits per heavy atom. The molecule has 0 radical (unpaired) electrons. The zero-order valence-electron chi connectivity index (χ0n) is 7.83. The quantitative estimate of drug-likeness (QED) is 0.730. The van der Waals surface area contributed by atoms with Crippen LogP contribution in [-0.4, -0.2) is 17.9 Å². The molecule has 0 amide bonds. The highest BCUT2D eigenvalue weighted by atomic mass is 19.1. The Hall–Kier alpha value is -0.890. The molecule has 0 aliphatic rings. The van der Waals surface area contributed by atoms with E-state index in [1.807, 2.05) is 30.3 Å². The lowest BCUT2D eigenvalue weighted by atomic mass is 10.1. The summed E-state index contributed by atoms with van der Waals surface area (Å²) in [7, 11) is 0. The van der Waals surface area contributed by atoms with Gasteiger partial charge in [-0.05, 0) is 18.4 Å². The summed E-state index contributed by atoms with van der Waals surface area (Å²) in [6.45, 7) is -1.01. The van der Waals surface area contributed by atoms with Crippen molar-refractivity contribution < 1.29 is 10.9 Å². The SMILES string of the molecule is [2H]C(O)(CF)CCc1ccccc1. The normalized spacial score (nSPS) is 16.7. The van der Waals surface area contributed by atoms with E-state index in [2.05, 4.69) is 0 Å². The van der Waals surface area contributed by atoms with Crippen molar-refractivity contribution in [3.8, 4) is 0 Å². The maximum atomic E-state index is 12.0. The van der Waals surface area contributed by atoms with E-state index in [9.17, 15) is 4.39 Å². The van der Waals surface area contributed by atoms with Crippen LogP contribution in [0.4, 0.5) is 4.39 Å². The molecule has 1 rings (SSSR count). The van der Waals surface area contributed by atoms with Crippen molar-refractivity contribution in [2.24, 2.45) is 0 Å². The molecule has 1 atom stereocenters. The fourth-order valence-corrected chi connectivity index (χ4v) is 1.00. The molecule has 0 spiro atoms. The molecule has 2 heteroatoms. The summed E-state index contributed by atoms with van der Waals surface area (Å²) >= 11 is 0. The smallest absolute Gasteiger partial charge is 0.115 e. The number of hydrogen-bond acceptors (Lipinski definition) is 1. The first kappa shape index (κ1) is 7.74. The van der Waals surface area contributed by atoms with E-state index < -0.39 is 12.8 Å². The molecule has 0 saturated heterocycles. The Labute approximate surface area is 73.3 Å². The maximum Gasteiger partial charge on any atom is 0.115 e. The van der Waals surface area contributed by atoms with Crippen LogP contribution in [0.25, 0.3) is 0 Å². The van der Waals surface area contributed by atoms with Crippen molar-refractivity contribution in [3.05, 3.63) is 35.9 Å². The predicted octanol–water partition coefficient (Wildman–Crippen LogP) is 1.95. The number of aliphatic hydroxyl groups is 1. The van der Waals surface area contributed by atoms with Crippen LogP contribution < -0.4 is 0 Å². The molecule has 0 fully saturated rings. The Morgan fingerprint density at radius 1 is 1.42 bits per heavy atom. The average Bonchev–Trinajstić information content (AvgIpc) is 2.17. The minimum Gasteiger partial charge on any atom is -0.390 e. The molecule has 0 aliphatic carbocycles. The molecule has 1 N–H and O–H groups in total. The number of hydrogen-bond donors (Lipinski definition) is 1. The number of benzene rings is 1. The molecular weight excluding hydrogens is 155 g/mol. The Kier molecular flexibility index (Phi) is 3.15. The van der Waals surface area contributed by atoms with E-state index in [1.165, 1.54) is 0 Å². The number of aryl methyl sites for hydroxylation is 1. The van der Waals surface area contributed by atoms with Crippen molar-refractivity contribution in [3.63, 3.8) is 0 Å². The van der Waals surface area contributed by atoms with Crippen molar-refractivity contribution in [2.45, 2.75) is 18.9 Å². The molecule has 0 aliphatic heterocycles. The van der Waals surface area contributed by atoms with Crippen LogP contribution in [0.3, 0.4) is 0 Å². The van der Waals surface area contributed by atoms with E-state index in [0.717, 1.165) is 5.56 Å². The van der Waals surface area contributed by atoms with Crippen LogP contribution >= 0.6 is 0 Å². The fraction of sp³-hybridized carbons (Fsp3) is 0.400. The highest BCUT2D eigenvalue weighted by molar-refractivity contribution is 5.14. The summed E-state index contributed by atoms with van der Waals surface area (Å²) in [6.07, 6.45) is -1.26. The minimum atomic E-state index is -1.92. The molecular formula is C10H13FO. The highest BCUT2D eigenvalue weighted by Crippen LogP contribution is 2.04. The van der Waals surface area contributed by atoms with Gasteiger partial charge in [0, 0.05) is 0 Å². The number of rotatable bonds is 4. The first-order chi connectivity index (χ1) is 6.14. The lowest BCUT2D eigenvalue weighted by Gasteiger charge is -2.04. The van der Waals surface area contributed by atoms with Crippen LogP contribution in [0.15, 0.2) is 30.3 Å². The highest BCUT2D eigenvalue weighted by Gasteiger charge is 2.02. The molecule has 1 unspecified atom stereocenters. The molecule has 0 bridgehead atoms. The third-order valence-corrected chi connectivity index (χ3v) is 1.70. The summed E-state index contributed by atoms with van der Waals surface area (Å²) in [5, 5.41) is 9.08. The van der Waals surface area contributed by atoms with Gasteiger partial charge >= 0.3 is 0 Å². The largest absolute Gasteiger partial charge is 0.390 e. The van der Waals surface area contributed by atoms with Crippen molar-refractivity contribution in [1.82, 2.24) is 0 Å². The van der Waals surface area contributed by atoms with Crippen molar-refractivity contribution >= 4 is 0 Å². The molecule has 0 saturated carbocycles. The van der Waals surface area contributed by atoms with E-state index >= 15 is 0 Å². The standard InChI is InChI=1S/C10H13FO/c11-8-10(12)7-6-9-4-2-1-3-5-9/h1-5,10,12H,6-8H2/i10D. The zero-order valence-corrected chi connectivity index (χ0v) is 6.83. The first-order valence-electron chi connectivity index (χ1n) is 4.46. The molecule has 66 valence electrons. The second-order valence-corrected chi connectivity index (χ2v) is 2.69. The first-order valence-corrected chi connectivity index (χ1v) is 3.96. The summed E-state index contributed by atoms with van der Waals surface area (Å²) in [6, 6.07) is 9.45. The summed E-state index contributed by atoms with van der Waals surface area (Å²) < 4.78 is 19.1. The van der Waals surface area contributed by atoms with E-state index in [-0.39, 0.29) is 6.42 Å². The van der Waals surface area contributed by atoms with Crippen LogP contribution in [0.2, 0.25) is 0 Å². The monoisotopic (exact) mass is 169 g/mol. The van der Waals surface area contributed by atoms with Crippen LogP contribution in [0, 0.1) is 0 Å². The Balaban J connectivity index is 2.44. The van der Waals surface area contributed by atoms with Gasteiger partial charge in [0.05, 0.1) is 7.45 Å². The molecule has 1 aromatic carbocycles. The molecule has 0 aromatic heterocycles. The predicted molar refractivity (Wildman–Crippen MR) is 46.7 cm³/mol. The Bertz CT molecular complexity index is 248. The van der Waals surface area contributed by atoms with E-state index in [4.69, 9.17) is 6.48 Å². The second-order valence-electron chi connectivity index (χ2n) is 2.69. The average molecular weight is 169 g/mol. The van der Waals surface area contributed by atoms with Crippen LogP contribution in [0.5, 0.6) is 0 Å². The zero-order chi connectivity index (χ0) is 9.73. The lowest BCUT2D eigenvalue weighted by Crippen LogP contribution is -2.09. The van der Waals surface area contributed by atoms with Gasteiger partial charge in [-0.1, -0.05) is 30.3 Å². The maximum absolute atomic E-state index is 12.0. The van der Waals surface area contributed by atoms with Gasteiger partial charge in [0.25, 0.3) is 0 Å². The lowest BCUT2D eigenvalue weighted by molar-refractivity contribution is 0.131. The Morgan fingerprint density at radius 2 is 2.08 bits per heavy atom. The van der Waals surface area contributed by atoms with E-state index in [1.54, 1.807) is 0 Å². The molecule has 0 heterocycles. The fourth-order valence-electron chi connectivity index (χ4n) is 1.00. The van der Waals surface area contributed by atoms with Gasteiger partial charge in [0.15, 0.2) is 0 Å². The molecule has 1 aromatic rings.